The predicted molar refractivity (Wildman–Crippen MR) is 110 cm³/mol. The number of aromatic nitrogens is 2. The number of rotatable bonds is 5. The number of hydrogen-bond acceptors (Lipinski definition) is 3. The number of fused-ring (bicyclic) bond motifs is 1. The highest BCUT2D eigenvalue weighted by Crippen LogP contribution is 2.19. The Morgan fingerprint density at radius 3 is 2.42 bits per heavy atom. The Kier molecular flexibility index (Phi) is 4.97. The molecule has 132 valence electrons. The zero-order chi connectivity index (χ0) is 17.8. The van der Waals surface area contributed by atoms with E-state index in [4.69, 9.17) is 17.3 Å². The van der Waals surface area contributed by atoms with Crippen LogP contribution in [0, 0.1) is 0 Å². The van der Waals surface area contributed by atoms with Crippen molar-refractivity contribution in [3.05, 3.63) is 83.7 Å². The van der Waals surface area contributed by atoms with Gasteiger partial charge in [-0.3, -0.25) is 4.68 Å². The molecule has 4 rings (SSSR count). The molecule has 0 saturated carbocycles. The van der Waals surface area contributed by atoms with Crippen LogP contribution in [0.3, 0.4) is 0 Å². The van der Waals surface area contributed by atoms with Crippen LogP contribution in [0.25, 0.3) is 0 Å². The van der Waals surface area contributed by atoms with E-state index >= 15 is 0 Å². The van der Waals surface area contributed by atoms with E-state index in [0.29, 0.717) is 0 Å². The molecule has 3 aromatic rings. The van der Waals surface area contributed by atoms with Crippen molar-refractivity contribution in [2.24, 2.45) is 0 Å². The summed E-state index contributed by atoms with van der Waals surface area (Å²) in [5.74, 6) is 0. The van der Waals surface area contributed by atoms with Crippen LogP contribution in [-0.4, -0.2) is 27.4 Å². The molecule has 5 heteroatoms. The lowest BCUT2D eigenvalue weighted by molar-refractivity contribution is 0.607. The van der Waals surface area contributed by atoms with Gasteiger partial charge in [-0.15, -0.1) is 0 Å². The zero-order valence-electron chi connectivity index (χ0n) is 14.6. The van der Waals surface area contributed by atoms with Gasteiger partial charge in [0.15, 0.2) is 0 Å². The van der Waals surface area contributed by atoms with Crippen LogP contribution >= 0.6 is 12.2 Å². The van der Waals surface area contributed by atoms with E-state index in [9.17, 15) is 0 Å². The molecule has 2 heterocycles. The fourth-order valence-corrected chi connectivity index (χ4v) is 3.60. The Morgan fingerprint density at radius 2 is 1.69 bits per heavy atom. The molecule has 4 nitrogen and oxygen atoms in total. The summed E-state index contributed by atoms with van der Waals surface area (Å²) in [6, 6.07) is 21.2. The topological polar surface area (TPSA) is 41.9 Å². The van der Waals surface area contributed by atoms with Crippen molar-refractivity contribution < 1.29 is 0 Å². The first-order chi connectivity index (χ1) is 12.8. The Bertz CT molecular complexity index is 874. The summed E-state index contributed by atoms with van der Waals surface area (Å²) in [6.07, 6.45) is 3.96. The minimum Gasteiger partial charge on any atom is -0.380 e. The van der Waals surface area contributed by atoms with Crippen molar-refractivity contribution >= 4 is 22.9 Å². The van der Waals surface area contributed by atoms with E-state index in [1.54, 1.807) is 0 Å². The van der Waals surface area contributed by atoms with Crippen LogP contribution in [0.15, 0.2) is 66.9 Å². The second-order valence-electron chi connectivity index (χ2n) is 6.63. The highest BCUT2D eigenvalue weighted by atomic mass is 32.1. The number of aryl methyl sites for hydroxylation is 2. The number of nitrogens with one attached hydrogen (secondary N) is 2. The van der Waals surface area contributed by atoms with Crippen molar-refractivity contribution in [1.29, 1.82) is 0 Å². The molecule has 0 amide bonds. The molecule has 1 aromatic heterocycles. The van der Waals surface area contributed by atoms with Crippen LogP contribution in [-0.2, 0) is 19.4 Å². The molecular weight excluding hydrogens is 340 g/mol. The third-order valence-corrected chi connectivity index (χ3v) is 4.96. The highest BCUT2D eigenvalue weighted by Gasteiger charge is 2.22. The quantitative estimate of drug-likeness (QED) is 0.683. The standard InChI is InChI=1S/C21H22N4S/c26-21-20-19(15-25(24-20)12-11-16-7-3-1-4-8-16)22-14-18(23-21)13-17-9-5-2-6-10-17/h1-10,15,18,22H,11-14H2,(H,23,26)/t18-/m1/s1. The van der Waals surface area contributed by atoms with E-state index < -0.39 is 0 Å². The minimum absolute atomic E-state index is 0.261. The molecule has 0 radical (unpaired) electrons. The fourth-order valence-electron chi connectivity index (χ4n) is 3.28. The van der Waals surface area contributed by atoms with Crippen LogP contribution < -0.4 is 10.6 Å². The first-order valence-electron chi connectivity index (χ1n) is 8.98. The largest absolute Gasteiger partial charge is 0.380 e. The van der Waals surface area contributed by atoms with Crippen molar-refractivity contribution in [1.82, 2.24) is 15.1 Å². The van der Waals surface area contributed by atoms with Gasteiger partial charge >= 0.3 is 0 Å². The van der Waals surface area contributed by atoms with E-state index in [0.717, 1.165) is 42.3 Å². The molecule has 0 saturated heterocycles. The molecule has 26 heavy (non-hydrogen) atoms. The van der Waals surface area contributed by atoms with Gasteiger partial charge in [-0.2, -0.15) is 5.10 Å². The third kappa shape index (κ3) is 3.94. The lowest BCUT2D eigenvalue weighted by Gasteiger charge is -2.17. The number of thiocarbonyl (C=S) groups is 1. The number of nitrogens with zero attached hydrogens (tertiary/aromatic N) is 2. The summed E-state index contributed by atoms with van der Waals surface area (Å²) in [5, 5.41) is 11.7. The summed E-state index contributed by atoms with van der Waals surface area (Å²) in [6.45, 7) is 1.67. The molecule has 1 atom stereocenters. The lowest BCUT2D eigenvalue weighted by atomic mass is 10.1. The summed E-state index contributed by atoms with van der Waals surface area (Å²) < 4.78 is 1.98. The zero-order valence-corrected chi connectivity index (χ0v) is 15.4. The van der Waals surface area contributed by atoms with Crippen molar-refractivity contribution in [2.75, 3.05) is 11.9 Å². The monoisotopic (exact) mass is 362 g/mol. The maximum absolute atomic E-state index is 5.60. The summed E-state index contributed by atoms with van der Waals surface area (Å²) in [4.78, 5) is 0.726. The van der Waals surface area contributed by atoms with Crippen LogP contribution in [0.5, 0.6) is 0 Å². The van der Waals surface area contributed by atoms with E-state index in [-0.39, 0.29) is 6.04 Å². The average Bonchev–Trinajstić information content (AvgIpc) is 3.03. The number of benzene rings is 2. The average molecular weight is 363 g/mol. The normalized spacial score (nSPS) is 16.3. The minimum atomic E-state index is 0.261. The second-order valence-corrected chi connectivity index (χ2v) is 7.04. The first kappa shape index (κ1) is 16.8. The van der Waals surface area contributed by atoms with E-state index in [1.807, 2.05) is 16.8 Å². The van der Waals surface area contributed by atoms with Crippen LogP contribution in [0.2, 0.25) is 0 Å². The summed E-state index contributed by atoms with van der Waals surface area (Å²) in [5.41, 5.74) is 4.49. The second kappa shape index (κ2) is 7.70. The van der Waals surface area contributed by atoms with Gasteiger partial charge < -0.3 is 10.6 Å². The molecule has 2 N–H and O–H groups in total. The lowest BCUT2D eigenvalue weighted by Crippen LogP contribution is -2.38. The third-order valence-electron chi connectivity index (χ3n) is 4.65. The van der Waals surface area contributed by atoms with E-state index in [2.05, 4.69) is 65.4 Å². The molecule has 2 aromatic carbocycles. The van der Waals surface area contributed by atoms with Gasteiger partial charge in [0.1, 0.15) is 10.7 Å². The molecular formula is C21H22N4S. The van der Waals surface area contributed by atoms with Crippen molar-refractivity contribution in [2.45, 2.75) is 25.4 Å². The molecule has 0 fully saturated rings. The number of hydrogen-bond donors (Lipinski definition) is 2. The Labute approximate surface area is 159 Å². The Hall–Kier alpha value is -2.66. The van der Waals surface area contributed by atoms with Gasteiger partial charge in [-0.25, -0.2) is 0 Å². The smallest absolute Gasteiger partial charge is 0.142 e. The first-order valence-corrected chi connectivity index (χ1v) is 9.39. The maximum Gasteiger partial charge on any atom is 0.142 e. The van der Waals surface area contributed by atoms with Gasteiger partial charge in [-0.05, 0) is 24.0 Å². The molecule has 0 spiro atoms. The predicted octanol–water partition coefficient (Wildman–Crippen LogP) is 3.43. The summed E-state index contributed by atoms with van der Waals surface area (Å²) in [7, 11) is 0. The van der Waals surface area contributed by atoms with Gasteiger partial charge in [0.05, 0.1) is 5.69 Å². The van der Waals surface area contributed by atoms with Crippen molar-refractivity contribution in [3.63, 3.8) is 0 Å². The maximum atomic E-state index is 5.60. The van der Waals surface area contributed by atoms with Gasteiger partial charge in [0.25, 0.3) is 0 Å². The molecule has 0 unspecified atom stereocenters. The summed E-state index contributed by atoms with van der Waals surface area (Å²) >= 11 is 5.60. The molecule has 0 bridgehead atoms. The van der Waals surface area contributed by atoms with E-state index in [1.165, 1.54) is 11.1 Å². The SMILES string of the molecule is S=C1N[C@H](Cc2ccccc2)CNc2cn(CCc3ccccc3)nc21. The van der Waals surface area contributed by atoms with Crippen molar-refractivity contribution in [3.8, 4) is 0 Å². The van der Waals surface area contributed by atoms with Crippen LogP contribution in [0.4, 0.5) is 5.69 Å². The van der Waals surface area contributed by atoms with Gasteiger partial charge in [0, 0.05) is 25.3 Å². The fraction of sp³-hybridized carbons (Fsp3) is 0.238. The number of anilines is 1. The van der Waals surface area contributed by atoms with Crippen LogP contribution in [0.1, 0.15) is 16.8 Å². The highest BCUT2D eigenvalue weighted by molar-refractivity contribution is 7.80. The Morgan fingerprint density at radius 1 is 1.00 bits per heavy atom. The molecule has 1 aliphatic rings. The molecule has 1 aliphatic heterocycles. The Balaban J connectivity index is 1.41. The van der Waals surface area contributed by atoms with Gasteiger partial charge in [0.2, 0.25) is 0 Å². The van der Waals surface area contributed by atoms with Gasteiger partial charge in [-0.1, -0.05) is 72.9 Å². The molecule has 0 aliphatic carbocycles.